The van der Waals surface area contributed by atoms with Crippen molar-refractivity contribution < 1.29 is 18.3 Å². The Bertz CT molecular complexity index is 313. The van der Waals surface area contributed by atoms with Crippen molar-refractivity contribution in [1.29, 1.82) is 0 Å². The number of alkyl halides is 3. The first-order valence-electron chi connectivity index (χ1n) is 3.27. The van der Waals surface area contributed by atoms with Crippen LogP contribution in [0.1, 0.15) is 11.1 Å². The van der Waals surface area contributed by atoms with Crippen molar-refractivity contribution in [2.24, 2.45) is 0 Å². The third-order valence-electron chi connectivity index (χ3n) is 1.43. The van der Waals surface area contributed by atoms with Gasteiger partial charge in [-0.2, -0.15) is 13.2 Å². The summed E-state index contributed by atoms with van der Waals surface area (Å²) >= 11 is 2.83. The predicted molar refractivity (Wildman–Crippen MR) is 42.9 cm³/mol. The molecular weight excluding hydrogens is 251 g/mol. The first-order chi connectivity index (χ1) is 5.95. The molecule has 0 saturated carbocycles. The summed E-state index contributed by atoms with van der Waals surface area (Å²) in [6.45, 7) is -0.672. The number of aromatic nitrogens is 1. The van der Waals surface area contributed by atoms with Gasteiger partial charge in [-0.1, -0.05) is 0 Å². The predicted octanol–water partition coefficient (Wildman–Crippen LogP) is 2.36. The number of hydrogen-bond acceptors (Lipinski definition) is 2. The van der Waals surface area contributed by atoms with Crippen molar-refractivity contribution in [1.82, 2.24) is 4.98 Å². The molecule has 2 nitrogen and oxygen atoms in total. The summed E-state index contributed by atoms with van der Waals surface area (Å²) in [7, 11) is 0. The first-order valence-corrected chi connectivity index (χ1v) is 4.07. The maximum absolute atomic E-state index is 12.3. The molecule has 0 aliphatic carbocycles. The van der Waals surface area contributed by atoms with E-state index in [0.717, 1.165) is 12.3 Å². The molecule has 0 spiro atoms. The third kappa shape index (κ3) is 2.41. The maximum Gasteiger partial charge on any atom is 0.416 e. The van der Waals surface area contributed by atoms with E-state index in [-0.39, 0.29) is 10.2 Å². The molecule has 0 unspecified atom stereocenters. The fourth-order valence-electron chi connectivity index (χ4n) is 0.848. The topological polar surface area (TPSA) is 33.1 Å². The molecule has 0 aliphatic heterocycles. The molecule has 0 fully saturated rings. The second-order valence-electron chi connectivity index (χ2n) is 2.32. The molecule has 1 aromatic rings. The Hall–Kier alpha value is -0.620. The van der Waals surface area contributed by atoms with Gasteiger partial charge in [0.05, 0.1) is 12.2 Å². The van der Waals surface area contributed by atoms with Crippen LogP contribution in [0.4, 0.5) is 13.2 Å². The van der Waals surface area contributed by atoms with Crippen LogP contribution in [0.5, 0.6) is 0 Å². The molecule has 0 bridgehead atoms. The highest BCUT2D eigenvalue weighted by molar-refractivity contribution is 9.10. The fourth-order valence-corrected chi connectivity index (χ4v) is 1.18. The largest absolute Gasteiger partial charge is 0.416 e. The van der Waals surface area contributed by atoms with Gasteiger partial charge in [0.1, 0.15) is 4.60 Å². The Morgan fingerprint density at radius 2 is 2.08 bits per heavy atom. The van der Waals surface area contributed by atoms with Crippen molar-refractivity contribution >= 4 is 15.9 Å². The lowest BCUT2D eigenvalue weighted by atomic mass is 10.1. The lowest BCUT2D eigenvalue weighted by Crippen LogP contribution is -2.09. The van der Waals surface area contributed by atoms with Crippen LogP contribution < -0.4 is 0 Å². The molecule has 13 heavy (non-hydrogen) atoms. The number of halogens is 4. The third-order valence-corrected chi connectivity index (χ3v) is 1.86. The number of pyridine rings is 1. The summed E-state index contributed by atoms with van der Waals surface area (Å²) in [5, 5.41) is 8.62. The van der Waals surface area contributed by atoms with E-state index in [1.807, 2.05) is 0 Å². The fraction of sp³-hybridized carbons (Fsp3) is 0.286. The summed E-state index contributed by atoms with van der Waals surface area (Å²) in [4.78, 5) is 3.58. The van der Waals surface area contributed by atoms with E-state index in [2.05, 4.69) is 20.9 Å². The van der Waals surface area contributed by atoms with Crippen molar-refractivity contribution in [2.45, 2.75) is 12.8 Å². The Balaban J connectivity index is 3.24. The number of aliphatic hydroxyl groups is 1. The van der Waals surface area contributed by atoms with Gasteiger partial charge in [0.2, 0.25) is 0 Å². The zero-order chi connectivity index (χ0) is 10.1. The number of rotatable bonds is 1. The molecule has 1 heterocycles. The lowest BCUT2D eigenvalue weighted by Gasteiger charge is -2.10. The minimum atomic E-state index is -4.45. The summed E-state index contributed by atoms with van der Waals surface area (Å²) in [6.07, 6.45) is -3.46. The minimum Gasteiger partial charge on any atom is -0.392 e. The van der Waals surface area contributed by atoms with Crippen molar-refractivity contribution in [3.63, 3.8) is 0 Å². The van der Waals surface area contributed by atoms with Gasteiger partial charge in [-0.05, 0) is 22.0 Å². The van der Waals surface area contributed by atoms with Gasteiger partial charge in [0.25, 0.3) is 0 Å². The average molecular weight is 256 g/mol. The Kier molecular flexibility index (Phi) is 2.92. The molecule has 1 rings (SSSR count). The van der Waals surface area contributed by atoms with Crippen LogP contribution in [0.15, 0.2) is 16.9 Å². The van der Waals surface area contributed by atoms with Crippen LogP contribution in [0.25, 0.3) is 0 Å². The molecule has 0 amide bonds. The lowest BCUT2D eigenvalue weighted by molar-refractivity contribution is -0.138. The zero-order valence-corrected chi connectivity index (χ0v) is 7.85. The number of hydrogen-bond donors (Lipinski definition) is 1. The summed E-state index contributed by atoms with van der Waals surface area (Å²) in [6, 6.07) is 0.839. The highest BCUT2D eigenvalue weighted by Crippen LogP contribution is 2.32. The molecule has 0 aromatic carbocycles. The average Bonchev–Trinajstić information content (AvgIpc) is 2.03. The molecule has 0 atom stereocenters. The standard InChI is InChI=1S/C7H5BrF3NO/c8-6-1-5(7(9,10)11)4(3-13)2-12-6/h1-2,13H,3H2. The molecule has 0 radical (unpaired) electrons. The maximum atomic E-state index is 12.3. The van der Waals surface area contributed by atoms with E-state index < -0.39 is 18.3 Å². The van der Waals surface area contributed by atoms with E-state index in [9.17, 15) is 13.2 Å². The van der Waals surface area contributed by atoms with Crippen LogP contribution in [0.3, 0.4) is 0 Å². The normalized spacial score (nSPS) is 11.8. The quantitative estimate of drug-likeness (QED) is 0.782. The molecule has 1 N–H and O–H groups in total. The van der Waals surface area contributed by atoms with E-state index in [0.29, 0.717) is 0 Å². The summed E-state index contributed by atoms with van der Waals surface area (Å²) in [5.74, 6) is 0. The highest BCUT2D eigenvalue weighted by Gasteiger charge is 2.33. The smallest absolute Gasteiger partial charge is 0.392 e. The van der Waals surface area contributed by atoms with Gasteiger partial charge in [-0.15, -0.1) is 0 Å². The van der Waals surface area contributed by atoms with Gasteiger partial charge in [-0.25, -0.2) is 4.98 Å². The summed E-state index contributed by atoms with van der Waals surface area (Å²) < 4.78 is 36.9. The molecule has 72 valence electrons. The van der Waals surface area contributed by atoms with Gasteiger partial charge in [0, 0.05) is 11.8 Å². The van der Waals surface area contributed by atoms with E-state index in [1.54, 1.807) is 0 Å². The summed E-state index contributed by atoms with van der Waals surface area (Å²) in [5.41, 5.74) is -1.09. The van der Waals surface area contributed by atoms with Crippen LogP contribution in [0.2, 0.25) is 0 Å². The molecule has 0 aliphatic rings. The number of aliphatic hydroxyl groups excluding tert-OH is 1. The monoisotopic (exact) mass is 255 g/mol. The van der Waals surface area contributed by atoms with Crippen LogP contribution in [0, 0.1) is 0 Å². The SMILES string of the molecule is OCc1cnc(Br)cc1C(F)(F)F. The number of nitrogens with zero attached hydrogens (tertiary/aromatic N) is 1. The second kappa shape index (κ2) is 3.63. The Morgan fingerprint density at radius 3 is 2.54 bits per heavy atom. The minimum absolute atomic E-state index is 0.0945. The molecule has 6 heteroatoms. The van der Waals surface area contributed by atoms with Crippen LogP contribution >= 0.6 is 15.9 Å². The van der Waals surface area contributed by atoms with Crippen LogP contribution in [-0.2, 0) is 12.8 Å². The van der Waals surface area contributed by atoms with E-state index in [1.165, 1.54) is 0 Å². The van der Waals surface area contributed by atoms with Gasteiger partial charge < -0.3 is 5.11 Å². The first kappa shape index (κ1) is 10.5. The highest BCUT2D eigenvalue weighted by atomic mass is 79.9. The molecular formula is C7H5BrF3NO. The Morgan fingerprint density at radius 1 is 1.46 bits per heavy atom. The van der Waals surface area contributed by atoms with Gasteiger partial charge >= 0.3 is 6.18 Å². The Labute approximate surface area is 80.5 Å². The molecule has 0 saturated heterocycles. The van der Waals surface area contributed by atoms with E-state index >= 15 is 0 Å². The van der Waals surface area contributed by atoms with Crippen LogP contribution in [-0.4, -0.2) is 10.1 Å². The van der Waals surface area contributed by atoms with Gasteiger partial charge in [-0.3, -0.25) is 0 Å². The van der Waals surface area contributed by atoms with Crippen molar-refractivity contribution in [3.8, 4) is 0 Å². The van der Waals surface area contributed by atoms with Crippen molar-refractivity contribution in [3.05, 3.63) is 28.0 Å². The van der Waals surface area contributed by atoms with E-state index in [4.69, 9.17) is 5.11 Å². The van der Waals surface area contributed by atoms with Gasteiger partial charge in [0.15, 0.2) is 0 Å². The second-order valence-corrected chi connectivity index (χ2v) is 3.13. The van der Waals surface area contributed by atoms with Crippen molar-refractivity contribution in [2.75, 3.05) is 0 Å². The zero-order valence-electron chi connectivity index (χ0n) is 6.27. The molecule has 1 aromatic heterocycles.